The molecule has 1 fully saturated rings. The van der Waals surface area contributed by atoms with Gasteiger partial charge in [0.2, 0.25) is 0 Å². The fourth-order valence-electron chi connectivity index (χ4n) is 3.13. The van der Waals surface area contributed by atoms with Crippen LogP contribution in [-0.2, 0) is 0 Å². The molecule has 1 heterocycles. The Hall–Kier alpha value is -0.860. The molecule has 112 valence electrons. The lowest BCUT2D eigenvalue weighted by Crippen LogP contribution is -2.33. The fraction of sp³-hybridized carbons (Fsp3) is 0.667. The first kappa shape index (κ1) is 15.5. The second-order valence-electron chi connectivity index (χ2n) is 6.16. The van der Waals surface area contributed by atoms with Gasteiger partial charge >= 0.3 is 0 Å². The lowest BCUT2D eigenvalue weighted by Gasteiger charge is -2.24. The van der Waals surface area contributed by atoms with E-state index in [1.807, 2.05) is 0 Å². The van der Waals surface area contributed by atoms with Crippen LogP contribution in [0.1, 0.15) is 44.6 Å². The first-order valence-corrected chi connectivity index (χ1v) is 8.29. The van der Waals surface area contributed by atoms with Gasteiger partial charge in [0.25, 0.3) is 0 Å². The van der Waals surface area contributed by atoms with Crippen molar-refractivity contribution in [2.24, 2.45) is 5.92 Å². The van der Waals surface area contributed by atoms with Crippen LogP contribution >= 0.6 is 0 Å². The molecule has 0 bridgehead atoms. The summed E-state index contributed by atoms with van der Waals surface area (Å²) in [6, 6.07) is 11.0. The first-order valence-electron chi connectivity index (χ1n) is 8.29. The van der Waals surface area contributed by atoms with Crippen LogP contribution < -0.4 is 5.32 Å². The topological polar surface area (TPSA) is 15.3 Å². The third-order valence-corrected chi connectivity index (χ3v) is 4.73. The van der Waals surface area contributed by atoms with Gasteiger partial charge < -0.3 is 10.2 Å². The molecule has 1 N–H and O–H groups in total. The number of nitrogens with zero attached hydrogens (tertiary/aromatic N) is 1. The second kappa shape index (κ2) is 8.43. The molecule has 0 saturated carbocycles. The maximum absolute atomic E-state index is 3.68. The molecule has 2 unspecified atom stereocenters. The molecule has 0 amide bonds. The van der Waals surface area contributed by atoms with E-state index in [1.54, 1.807) is 0 Å². The normalized spacial score (nSPS) is 19.1. The average molecular weight is 274 g/mol. The van der Waals surface area contributed by atoms with E-state index in [-0.39, 0.29) is 0 Å². The molecule has 1 aromatic rings. The Morgan fingerprint density at radius 3 is 2.50 bits per heavy atom. The molecular weight excluding hydrogens is 244 g/mol. The summed E-state index contributed by atoms with van der Waals surface area (Å²) in [5, 5.41) is 3.68. The van der Waals surface area contributed by atoms with Gasteiger partial charge in [0.15, 0.2) is 0 Å². The maximum atomic E-state index is 3.68. The lowest BCUT2D eigenvalue weighted by molar-refractivity contribution is 0.328. The summed E-state index contributed by atoms with van der Waals surface area (Å²) >= 11 is 0. The Kier molecular flexibility index (Phi) is 6.55. The summed E-state index contributed by atoms with van der Waals surface area (Å²) in [4.78, 5) is 2.58. The van der Waals surface area contributed by atoms with Crippen LogP contribution in [0.3, 0.4) is 0 Å². The highest BCUT2D eigenvalue weighted by Crippen LogP contribution is 2.26. The predicted octanol–water partition coefficient (Wildman–Crippen LogP) is 3.50. The number of rotatable bonds is 8. The van der Waals surface area contributed by atoms with Crippen molar-refractivity contribution in [3.8, 4) is 0 Å². The van der Waals surface area contributed by atoms with E-state index in [0.29, 0.717) is 5.92 Å². The lowest BCUT2D eigenvalue weighted by atomic mass is 9.85. The third kappa shape index (κ3) is 4.60. The summed E-state index contributed by atoms with van der Waals surface area (Å²) in [5.74, 6) is 1.37. The molecular formula is C18H30N2. The van der Waals surface area contributed by atoms with Crippen molar-refractivity contribution < 1.29 is 0 Å². The van der Waals surface area contributed by atoms with E-state index in [1.165, 1.54) is 44.5 Å². The van der Waals surface area contributed by atoms with Crippen LogP contribution in [0.2, 0.25) is 0 Å². The molecule has 0 aliphatic carbocycles. The fourth-order valence-corrected chi connectivity index (χ4v) is 3.13. The van der Waals surface area contributed by atoms with Gasteiger partial charge in [-0.2, -0.15) is 0 Å². The molecule has 1 aliphatic heterocycles. The minimum atomic E-state index is 0.639. The second-order valence-corrected chi connectivity index (χ2v) is 6.16. The SMILES string of the molecule is CCC(C)C(CNCCN1CCCC1)c1ccccc1. The molecule has 0 radical (unpaired) electrons. The van der Waals surface area contributed by atoms with Gasteiger partial charge in [-0.1, -0.05) is 50.6 Å². The standard InChI is InChI=1S/C18H30N2/c1-3-16(2)18(17-9-5-4-6-10-17)15-19-11-14-20-12-7-8-13-20/h4-6,9-10,16,18-19H,3,7-8,11-15H2,1-2H3. The van der Waals surface area contributed by atoms with Crippen LogP contribution in [0.15, 0.2) is 30.3 Å². The zero-order valence-electron chi connectivity index (χ0n) is 13.1. The molecule has 0 spiro atoms. The number of likely N-dealkylation sites (tertiary alicyclic amines) is 1. The van der Waals surface area contributed by atoms with Crippen LogP contribution in [0.25, 0.3) is 0 Å². The minimum Gasteiger partial charge on any atom is -0.315 e. The Labute approximate surface area is 124 Å². The van der Waals surface area contributed by atoms with Crippen LogP contribution in [0.4, 0.5) is 0 Å². The third-order valence-electron chi connectivity index (χ3n) is 4.73. The largest absolute Gasteiger partial charge is 0.315 e. The van der Waals surface area contributed by atoms with Crippen molar-refractivity contribution in [1.29, 1.82) is 0 Å². The Bertz CT molecular complexity index is 357. The molecule has 2 atom stereocenters. The molecule has 2 nitrogen and oxygen atoms in total. The van der Waals surface area contributed by atoms with Crippen molar-refractivity contribution >= 4 is 0 Å². The average Bonchev–Trinajstić information content (AvgIpc) is 3.01. The number of hydrogen-bond donors (Lipinski definition) is 1. The summed E-state index contributed by atoms with van der Waals surface area (Å²) in [7, 11) is 0. The molecule has 20 heavy (non-hydrogen) atoms. The van der Waals surface area contributed by atoms with Crippen molar-refractivity contribution in [3.63, 3.8) is 0 Å². The van der Waals surface area contributed by atoms with Crippen molar-refractivity contribution in [2.75, 3.05) is 32.7 Å². The van der Waals surface area contributed by atoms with E-state index < -0.39 is 0 Å². The van der Waals surface area contributed by atoms with Crippen LogP contribution in [-0.4, -0.2) is 37.6 Å². The summed E-state index contributed by atoms with van der Waals surface area (Å²) in [6.45, 7) is 10.7. The van der Waals surface area contributed by atoms with Gasteiger partial charge in [-0.25, -0.2) is 0 Å². The van der Waals surface area contributed by atoms with Crippen molar-refractivity contribution in [2.45, 2.75) is 39.0 Å². The molecule has 1 aliphatic rings. The van der Waals surface area contributed by atoms with Gasteiger partial charge in [0.05, 0.1) is 0 Å². The van der Waals surface area contributed by atoms with E-state index >= 15 is 0 Å². The zero-order valence-corrected chi connectivity index (χ0v) is 13.1. The quantitative estimate of drug-likeness (QED) is 0.730. The van der Waals surface area contributed by atoms with Gasteiger partial charge in [-0.15, -0.1) is 0 Å². The molecule has 0 aromatic heterocycles. The Morgan fingerprint density at radius 2 is 1.85 bits per heavy atom. The van der Waals surface area contributed by atoms with E-state index in [4.69, 9.17) is 0 Å². The van der Waals surface area contributed by atoms with Crippen LogP contribution in [0, 0.1) is 5.92 Å². The summed E-state index contributed by atoms with van der Waals surface area (Å²) in [5.41, 5.74) is 1.48. The number of hydrogen-bond acceptors (Lipinski definition) is 2. The summed E-state index contributed by atoms with van der Waals surface area (Å²) < 4.78 is 0. The minimum absolute atomic E-state index is 0.639. The van der Waals surface area contributed by atoms with E-state index in [9.17, 15) is 0 Å². The van der Waals surface area contributed by atoms with Gasteiger partial charge in [0, 0.05) is 19.6 Å². The Balaban J connectivity index is 1.79. The van der Waals surface area contributed by atoms with Crippen molar-refractivity contribution in [1.82, 2.24) is 10.2 Å². The molecule has 1 saturated heterocycles. The maximum Gasteiger partial charge on any atom is 0.0107 e. The zero-order chi connectivity index (χ0) is 14.2. The Morgan fingerprint density at radius 1 is 1.15 bits per heavy atom. The van der Waals surface area contributed by atoms with Crippen LogP contribution in [0.5, 0.6) is 0 Å². The molecule has 1 aromatic carbocycles. The highest BCUT2D eigenvalue weighted by molar-refractivity contribution is 5.20. The number of benzene rings is 1. The summed E-state index contributed by atoms with van der Waals surface area (Å²) in [6.07, 6.45) is 4.02. The van der Waals surface area contributed by atoms with Gasteiger partial charge in [0.1, 0.15) is 0 Å². The number of nitrogens with one attached hydrogen (secondary N) is 1. The molecule has 2 heteroatoms. The van der Waals surface area contributed by atoms with Crippen molar-refractivity contribution in [3.05, 3.63) is 35.9 Å². The smallest absolute Gasteiger partial charge is 0.0107 e. The van der Waals surface area contributed by atoms with Gasteiger partial charge in [-0.05, 0) is 43.3 Å². The van der Waals surface area contributed by atoms with E-state index in [2.05, 4.69) is 54.4 Å². The predicted molar refractivity (Wildman–Crippen MR) is 87.2 cm³/mol. The highest BCUT2D eigenvalue weighted by atomic mass is 15.1. The van der Waals surface area contributed by atoms with Gasteiger partial charge in [-0.3, -0.25) is 0 Å². The highest BCUT2D eigenvalue weighted by Gasteiger charge is 2.17. The molecule has 2 rings (SSSR count). The van der Waals surface area contributed by atoms with E-state index in [0.717, 1.165) is 19.0 Å². The monoisotopic (exact) mass is 274 g/mol. The first-order chi connectivity index (χ1) is 9.81.